The van der Waals surface area contributed by atoms with E-state index < -0.39 is 6.10 Å². The van der Waals surface area contributed by atoms with Gasteiger partial charge in [0, 0.05) is 44.0 Å². The Morgan fingerprint density at radius 2 is 1.42 bits per heavy atom. The summed E-state index contributed by atoms with van der Waals surface area (Å²) in [7, 11) is 0. The lowest BCUT2D eigenvalue weighted by molar-refractivity contribution is 0.0606. The number of aromatic amines is 1. The van der Waals surface area contributed by atoms with Crippen molar-refractivity contribution in [1.29, 1.82) is 0 Å². The molecule has 5 heteroatoms. The summed E-state index contributed by atoms with van der Waals surface area (Å²) in [5, 5.41) is 11.1. The van der Waals surface area contributed by atoms with E-state index in [0.717, 1.165) is 49.0 Å². The van der Waals surface area contributed by atoms with Crippen LogP contribution in [0.25, 0.3) is 11.4 Å². The van der Waals surface area contributed by atoms with Crippen LogP contribution in [0, 0.1) is 20.8 Å². The number of imidazole rings is 1. The number of piperazine rings is 1. The van der Waals surface area contributed by atoms with Crippen molar-refractivity contribution in [2.75, 3.05) is 32.7 Å². The summed E-state index contributed by atoms with van der Waals surface area (Å²) in [6.45, 7) is 10.6. The van der Waals surface area contributed by atoms with E-state index in [4.69, 9.17) is 4.98 Å². The van der Waals surface area contributed by atoms with E-state index in [0.29, 0.717) is 6.54 Å². The van der Waals surface area contributed by atoms with Crippen molar-refractivity contribution in [2.24, 2.45) is 0 Å². The molecular formula is C31H36N4O. The van der Waals surface area contributed by atoms with Crippen molar-refractivity contribution >= 4 is 0 Å². The number of benzene rings is 3. The normalized spacial score (nSPS) is 15.9. The standard InChI is InChI=1S/C31H36N4O/c1-22-9-7-13-26(19-22)30(27-14-8-10-23(2)20-27)35-17-15-34(16-18-35)21-28(36)29-24(3)32-31(33-29)25-11-5-4-6-12-25/h4-14,19-20,28,30,36H,15-18,21H2,1-3H3,(H,32,33). The van der Waals surface area contributed by atoms with Crippen LogP contribution in [0.3, 0.4) is 0 Å². The van der Waals surface area contributed by atoms with Crippen LogP contribution in [0.15, 0.2) is 78.9 Å². The van der Waals surface area contributed by atoms with Crippen LogP contribution in [-0.4, -0.2) is 57.6 Å². The van der Waals surface area contributed by atoms with Gasteiger partial charge in [-0.05, 0) is 31.9 Å². The van der Waals surface area contributed by atoms with Gasteiger partial charge in [0.2, 0.25) is 0 Å². The van der Waals surface area contributed by atoms with Gasteiger partial charge >= 0.3 is 0 Å². The van der Waals surface area contributed by atoms with Crippen LogP contribution in [0.2, 0.25) is 0 Å². The highest BCUT2D eigenvalue weighted by molar-refractivity contribution is 5.55. The van der Waals surface area contributed by atoms with Crippen LogP contribution in [0.4, 0.5) is 0 Å². The fourth-order valence-corrected chi connectivity index (χ4v) is 5.36. The number of aliphatic hydroxyl groups excluding tert-OH is 1. The Kier molecular flexibility index (Phi) is 7.33. The summed E-state index contributed by atoms with van der Waals surface area (Å²) < 4.78 is 0. The number of nitrogens with one attached hydrogen (secondary N) is 1. The van der Waals surface area contributed by atoms with Gasteiger partial charge in [-0.15, -0.1) is 0 Å². The monoisotopic (exact) mass is 480 g/mol. The summed E-state index contributed by atoms with van der Waals surface area (Å²) in [6.07, 6.45) is -0.616. The molecule has 36 heavy (non-hydrogen) atoms. The highest BCUT2D eigenvalue weighted by Crippen LogP contribution is 2.31. The van der Waals surface area contributed by atoms with Crippen LogP contribution < -0.4 is 0 Å². The fraction of sp³-hybridized carbons (Fsp3) is 0.323. The summed E-state index contributed by atoms with van der Waals surface area (Å²) in [5.41, 5.74) is 7.97. The predicted molar refractivity (Wildman–Crippen MR) is 146 cm³/mol. The molecule has 4 aromatic rings. The molecule has 1 unspecified atom stereocenters. The number of aryl methyl sites for hydroxylation is 3. The lowest BCUT2D eigenvalue weighted by atomic mass is 9.94. The van der Waals surface area contributed by atoms with E-state index in [1.54, 1.807) is 0 Å². The first-order valence-corrected chi connectivity index (χ1v) is 12.9. The van der Waals surface area contributed by atoms with Crippen molar-refractivity contribution in [3.8, 4) is 11.4 Å². The SMILES string of the molecule is Cc1cccc(C(c2cccc(C)c2)N2CCN(CC(O)c3nc(-c4ccccc4)[nH]c3C)CC2)c1. The summed E-state index contributed by atoms with van der Waals surface area (Å²) >= 11 is 0. The van der Waals surface area contributed by atoms with E-state index in [9.17, 15) is 5.11 Å². The van der Waals surface area contributed by atoms with Gasteiger partial charge in [-0.1, -0.05) is 90.0 Å². The second-order valence-electron chi connectivity index (χ2n) is 10.0. The molecule has 1 aliphatic heterocycles. The van der Waals surface area contributed by atoms with Crippen molar-refractivity contribution in [3.05, 3.63) is 113 Å². The molecule has 1 saturated heterocycles. The van der Waals surface area contributed by atoms with E-state index in [-0.39, 0.29) is 6.04 Å². The van der Waals surface area contributed by atoms with E-state index >= 15 is 0 Å². The lowest BCUT2D eigenvalue weighted by Crippen LogP contribution is -2.48. The van der Waals surface area contributed by atoms with Crippen LogP contribution in [-0.2, 0) is 0 Å². The largest absolute Gasteiger partial charge is 0.385 e. The number of nitrogens with zero attached hydrogens (tertiary/aromatic N) is 3. The molecular weight excluding hydrogens is 444 g/mol. The molecule has 186 valence electrons. The molecule has 3 aromatic carbocycles. The quantitative estimate of drug-likeness (QED) is 0.370. The minimum atomic E-state index is -0.616. The third-order valence-corrected chi connectivity index (χ3v) is 7.20. The first kappa shape index (κ1) is 24.4. The number of hydrogen-bond acceptors (Lipinski definition) is 4. The van der Waals surface area contributed by atoms with Gasteiger partial charge in [-0.3, -0.25) is 9.80 Å². The molecule has 0 spiro atoms. The summed E-state index contributed by atoms with van der Waals surface area (Å²) in [6, 6.07) is 28.1. The topological polar surface area (TPSA) is 55.4 Å². The zero-order chi connectivity index (χ0) is 25.1. The molecule has 2 heterocycles. The van der Waals surface area contributed by atoms with E-state index in [2.05, 4.69) is 77.2 Å². The smallest absolute Gasteiger partial charge is 0.137 e. The average molecular weight is 481 g/mol. The number of aliphatic hydroxyl groups is 1. The Hall–Kier alpha value is -3.25. The molecule has 1 atom stereocenters. The molecule has 5 rings (SSSR count). The molecule has 0 radical (unpaired) electrons. The molecule has 0 bridgehead atoms. The van der Waals surface area contributed by atoms with E-state index in [1.165, 1.54) is 22.3 Å². The van der Waals surface area contributed by atoms with Gasteiger partial charge in [0.15, 0.2) is 0 Å². The Morgan fingerprint density at radius 1 is 0.806 bits per heavy atom. The molecule has 1 aliphatic rings. The molecule has 5 nitrogen and oxygen atoms in total. The minimum Gasteiger partial charge on any atom is -0.385 e. The maximum atomic E-state index is 11.1. The molecule has 0 saturated carbocycles. The second-order valence-corrected chi connectivity index (χ2v) is 10.0. The van der Waals surface area contributed by atoms with Gasteiger partial charge in [0.25, 0.3) is 0 Å². The second kappa shape index (κ2) is 10.8. The zero-order valence-electron chi connectivity index (χ0n) is 21.5. The number of aromatic nitrogens is 2. The summed E-state index contributed by atoms with van der Waals surface area (Å²) in [5.74, 6) is 0.811. The molecule has 2 N–H and O–H groups in total. The molecule has 0 amide bonds. The van der Waals surface area contributed by atoms with Gasteiger partial charge < -0.3 is 10.1 Å². The number of rotatable bonds is 7. The van der Waals surface area contributed by atoms with Crippen LogP contribution >= 0.6 is 0 Å². The Balaban J connectivity index is 1.28. The van der Waals surface area contributed by atoms with Gasteiger partial charge in [0.05, 0.1) is 11.7 Å². The predicted octanol–water partition coefficient (Wildman–Crippen LogP) is 5.44. The number of hydrogen-bond donors (Lipinski definition) is 2. The first-order chi connectivity index (χ1) is 17.5. The maximum absolute atomic E-state index is 11.1. The molecule has 1 fully saturated rings. The highest BCUT2D eigenvalue weighted by atomic mass is 16.3. The Bertz CT molecular complexity index is 1250. The fourth-order valence-electron chi connectivity index (χ4n) is 5.36. The van der Waals surface area contributed by atoms with Gasteiger partial charge in [-0.25, -0.2) is 4.98 Å². The summed E-state index contributed by atoms with van der Waals surface area (Å²) in [4.78, 5) is 13.0. The first-order valence-electron chi connectivity index (χ1n) is 12.9. The molecule has 0 aliphatic carbocycles. The van der Waals surface area contributed by atoms with E-state index in [1.807, 2.05) is 37.3 Å². The maximum Gasteiger partial charge on any atom is 0.137 e. The third kappa shape index (κ3) is 5.44. The highest BCUT2D eigenvalue weighted by Gasteiger charge is 2.28. The van der Waals surface area contributed by atoms with Gasteiger partial charge in [0.1, 0.15) is 11.9 Å². The lowest BCUT2D eigenvalue weighted by Gasteiger charge is -2.40. The zero-order valence-corrected chi connectivity index (χ0v) is 21.5. The van der Waals surface area contributed by atoms with Crippen molar-refractivity contribution in [2.45, 2.75) is 32.9 Å². The minimum absolute atomic E-state index is 0.235. The van der Waals surface area contributed by atoms with Crippen LogP contribution in [0.1, 0.15) is 45.8 Å². The van der Waals surface area contributed by atoms with Crippen molar-refractivity contribution < 1.29 is 5.11 Å². The molecule has 1 aromatic heterocycles. The third-order valence-electron chi connectivity index (χ3n) is 7.20. The number of H-pyrrole nitrogens is 1. The van der Waals surface area contributed by atoms with Crippen LogP contribution in [0.5, 0.6) is 0 Å². The van der Waals surface area contributed by atoms with Crippen molar-refractivity contribution in [3.63, 3.8) is 0 Å². The number of β-amino-alcohol motifs (C(OH)–C–C–N with tert-alkyl or cyclic N) is 1. The average Bonchev–Trinajstić information content (AvgIpc) is 3.28. The Labute approximate surface area is 214 Å². The van der Waals surface area contributed by atoms with Crippen molar-refractivity contribution in [1.82, 2.24) is 19.8 Å². The van der Waals surface area contributed by atoms with Gasteiger partial charge in [-0.2, -0.15) is 0 Å². The Morgan fingerprint density at radius 3 is 2.00 bits per heavy atom.